The van der Waals surface area contributed by atoms with Crippen LogP contribution in [0.25, 0.3) is 11.1 Å². The Bertz CT molecular complexity index is 1940. The molecule has 1 aliphatic rings. The Kier molecular flexibility index (Phi) is 13.4. The molecule has 0 spiro atoms. The first-order chi connectivity index (χ1) is 26.5. The van der Waals surface area contributed by atoms with Gasteiger partial charge in [0.25, 0.3) is 5.91 Å². The molecule has 5 rings (SSSR count). The number of aryl methyl sites for hydroxylation is 1. The van der Waals surface area contributed by atoms with Crippen LogP contribution in [0.5, 0.6) is 0 Å². The minimum Gasteiger partial charge on any atom is -0.444 e. The molecule has 298 valence electrons. The number of hydrogen-bond acceptors (Lipinski definition) is 6. The number of benzene rings is 3. The molecule has 2 unspecified atom stereocenters. The summed E-state index contributed by atoms with van der Waals surface area (Å²) >= 11 is 0. The molecule has 3 N–H and O–H groups in total. The normalized spacial score (nSPS) is 16.5. The number of likely N-dealkylation sites (tertiary alicyclic amines) is 1. The zero-order chi connectivity index (χ0) is 40.5. The van der Waals surface area contributed by atoms with E-state index in [0.29, 0.717) is 38.3 Å². The van der Waals surface area contributed by atoms with E-state index >= 15 is 0 Å². The minimum atomic E-state index is -1.38. The van der Waals surface area contributed by atoms with E-state index in [-0.39, 0.29) is 11.7 Å². The summed E-state index contributed by atoms with van der Waals surface area (Å²) in [7, 11) is 0. The van der Waals surface area contributed by atoms with Crippen LogP contribution in [0.1, 0.15) is 91.7 Å². The van der Waals surface area contributed by atoms with Gasteiger partial charge in [-0.15, -0.1) is 0 Å². The summed E-state index contributed by atoms with van der Waals surface area (Å²) in [5.41, 5.74) is 0.721. The first-order valence-corrected chi connectivity index (χ1v) is 19.7. The number of rotatable bonds is 13. The third-order valence-electron chi connectivity index (χ3n) is 10.4. The molecular weight excluding hydrogens is 705 g/mol. The highest BCUT2D eigenvalue weighted by Crippen LogP contribution is 2.33. The third kappa shape index (κ3) is 10.9. The van der Waals surface area contributed by atoms with Gasteiger partial charge in [0.15, 0.2) is 5.82 Å². The number of carbonyl (C=O) groups excluding carboxylic acids is 4. The summed E-state index contributed by atoms with van der Waals surface area (Å²) in [5, 5.41) is 8.40. The van der Waals surface area contributed by atoms with E-state index in [0.717, 1.165) is 41.5 Å². The third-order valence-corrected chi connectivity index (χ3v) is 10.4. The molecule has 0 radical (unpaired) electrons. The van der Waals surface area contributed by atoms with Crippen molar-refractivity contribution >= 4 is 29.6 Å². The Hall–Kier alpha value is -5.45. The summed E-state index contributed by atoms with van der Waals surface area (Å²) < 4.78 is 7.15. The summed E-state index contributed by atoms with van der Waals surface area (Å²) in [5.74, 6) is -0.267. The highest BCUT2D eigenvalue weighted by Gasteiger charge is 2.41. The average Bonchev–Trinajstić information content (AvgIpc) is 3.52. The maximum atomic E-state index is 14.7. The summed E-state index contributed by atoms with van der Waals surface area (Å²) in [6.07, 6.45) is 7.09. The van der Waals surface area contributed by atoms with Crippen molar-refractivity contribution in [1.29, 1.82) is 0 Å². The maximum absolute atomic E-state index is 14.7. The standard InChI is InChI=1S/C45H58N6O5/c1-32-16-15-28-50(29-27-32)41(54)45(7,36-25-23-35(24-26-36)34-20-12-9-13-21-34)51-30-38(46-31-51)48-39(52)37(22-14-19-33-17-10-8-11-18-33)47-40(53)44(5,6)49-42(55)56-43(2,3)4/h8-13,17-18,20-21,23-26,30-32,37H,14-16,19,22,27-29H2,1-7H3,(H,47,53)(H,48,52)(H,49,55)/t32?,37-,45?/m1/s1. The van der Waals surface area contributed by atoms with Crippen LogP contribution < -0.4 is 16.0 Å². The van der Waals surface area contributed by atoms with E-state index < -0.39 is 40.6 Å². The lowest BCUT2D eigenvalue weighted by atomic mass is 9.88. The van der Waals surface area contributed by atoms with Gasteiger partial charge in [-0.3, -0.25) is 14.4 Å². The Morgan fingerprint density at radius 1 is 0.839 bits per heavy atom. The zero-order valence-corrected chi connectivity index (χ0v) is 33.9. The second-order valence-electron chi connectivity index (χ2n) is 16.7. The van der Waals surface area contributed by atoms with Gasteiger partial charge in [-0.2, -0.15) is 0 Å². The first-order valence-electron chi connectivity index (χ1n) is 19.7. The molecular formula is C45H58N6O5. The Morgan fingerprint density at radius 3 is 2.14 bits per heavy atom. The van der Waals surface area contributed by atoms with Gasteiger partial charge in [0.05, 0.1) is 6.33 Å². The molecule has 2 heterocycles. The van der Waals surface area contributed by atoms with Gasteiger partial charge >= 0.3 is 6.09 Å². The van der Waals surface area contributed by atoms with Crippen molar-refractivity contribution in [2.75, 3.05) is 18.4 Å². The summed E-state index contributed by atoms with van der Waals surface area (Å²) in [4.78, 5) is 61.4. The van der Waals surface area contributed by atoms with Crippen molar-refractivity contribution in [1.82, 2.24) is 25.1 Å². The highest BCUT2D eigenvalue weighted by molar-refractivity contribution is 5.98. The molecule has 3 atom stereocenters. The number of alkyl carbamates (subject to hydrolysis) is 1. The second-order valence-corrected chi connectivity index (χ2v) is 16.7. The van der Waals surface area contributed by atoms with Gasteiger partial charge < -0.3 is 30.2 Å². The lowest BCUT2D eigenvalue weighted by Crippen LogP contribution is -2.58. The fourth-order valence-electron chi connectivity index (χ4n) is 7.00. The summed E-state index contributed by atoms with van der Waals surface area (Å²) in [6.45, 7) is 13.8. The van der Waals surface area contributed by atoms with Gasteiger partial charge in [0, 0.05) is 19.3 Å². The van der Waals surface area contributed by atoms with E-state index in [9.17, 15) is 19.2 Å². The monoisotopic (exact) mass is 762 g/mol. The molecule has 1 aliphatic heterocycles. The van der Waals surface area contributed by atoms with E-state index in [2.05, 4.69) is 40.0 Å². The number of nitrogens with zero attached hydrogens (tertiary/aromatic N) is 3. The minimum absolute atomic E-state index is 0.0416. The van der Waals surface area contributed by atoms with Crippen LogP contribution >= 0.6 is 0 Å². The second kappa shape index (κ2) is 18.0. The van der Waals surface area contributed by atoms with Crippen LogP contribution in [0.3, 0.4) is 0 Å². The number of hydrogen-bond donors (Lipinski definition) is 3. The van der Waals surface area contributed by atoms with Crippen LogP contribution in [0, 0.1) is 5.92 Å². The van der Waals surface area contributed by atoms with E-state index in [1.165, 1.54) is 0 Å². The van der Waals surface area contributed by atoms with Crippen molar-refractivity contribution in [2.24, 2.45) is 5.92 Å². The van der Waals surface area contributed by atoms with Crippen LogP contribution in [0.4, 0.5) is 10.6 Å². The topological polar surface area (TPSA) is 135 Å². The SMILES string of the molecule is CC1CCCN(C(=O)C(C)(c2ccc(-c3ccccc3)cc2)n2cnc(NC(=O)[C@@H](CCCc3ccccc3)NC(=O)C(C)(C)NC(=O)OC(C)(C)C)c2)CC1. The molecule has 3 aromatic carbocycles. The largest absolute Gasteiger partial charge is 0.444 e. The smallest absolute Gasteiger partial charge is 0.408 e. The summed E-state index contributed by atoms with van der Waals surface area (Å²) in [6, 6.07) is 27.1. The van der Waals surface area contributed by atoms with E-state index in [1.807, 2.05) is 84.6 Å². The van der Waals surface area contributed by atoms with Crippen LogP contribution in [-0.2, 0) is 31.1 Å². The number of aromatic nitrogens is 2. The highest BCUT2D eigenvalue weighted by atomic mass is 16.6. The van der Waals surface area contributed by atoms with Crippen molar-refractivity contribution in [2.45, 2.75) is 110 Å². The zero-order valence-electron chi connectivity index (χ0n) is 33.9. The molecule has 11 nitrogen and oxygen atoms in total. The molecule has 0 bridgehead atoms. The van der Waals surface area contributed by atoms with Crippen molar-refractivity contribution in [3.8, 4) is 11.1 Å². The maximum Gasteiger partial charge on any atom is 0.408 e. The van der Waals surface area contributed by atoms with E-state index in [4.69, 9.17) is 4.74 Å². The van der Waals surface area contributed by atoms with Crippen molar-refractivity contribution in [3.63, 3.8) is 0 Å². The Morgan fingerprint density at radius 2 is 1.48 bits per heavy atom. The molecule has 1 aromatic heterocycles. The number of anilines is 1. The molecule has 56 heavy (non-hydrogen) atoms. The van der Waals surface area contributed by atoms with Gasteiger partial charge in [-0.1, -0.05) is 91.9 Å². The quantitative estimate of drug-likeness (QED) is 0.128. The lowest BCUT2D eigenvalue weighted by Gasteiger charge is -2.35. The first kappa shape index (κ1) is 41.7. The van der Waals surface area contributed by atoms with Crippen molar-refractivity contribution < 1.29 is 23.9 Å². The molecule has 0 saturated carbocycles. The fraction of sp³-hybridized carbons (Fsp3) is 0.444. The molecule has 1 saturated heterocycles. The van der Waals surface area contributed by atoms with Crippen LogP contribution in [0.15, 0.2) is 97.5 Å². The Balaban J connectivity index is 1.39. The fourth-order valence-corrected chi connectivity index (χ4v) is 7.00. The number of ether oxygens (including phenoxy) is 1. The number of amides is 4. The number of imidazole rings is 1. The molecule has 1 fully saturated rings. The number of carbonyl (C=O) groups is 4. The van der Waals surface area contributed by atoms with Crippen molar-refractivity contribution in [3.05, 3.63) is 109 Å². The molecule has 4 aromatic rings. The molecule has 0 aliphatic carbocycles. The van der Waals surface area contributed by atoms with Crippen LogP contribution in [-0.4, -0.2) is 68.5 Å². The van der Waals surface area contributed by atoms with Crippen LogP contribution in [0.2, 0.25) is 0 Å². The number of nitrogens with one attached hydrogen (secondary N) is 3. The van der Waals surface area contributed by atoms with Gasteiger partial charge in [-0.25, -0.2) is 9.78 Å². The predicted molar refractivity (Wildman–Crippen MR) is 220 cm³/mol. The predicted octanol–water partition coefficient (Wildman–Crippen LogP) is 7.71. The molecule has 11 heteroatoms. The molecule has 4 amide bonds. The van der Waals surface area contributed by atoms with Gasteiger partial charge in [0.1, 0.15) is 22.7 Å². The lowest BCUT2D eigenvalue weighted by molar-refractivity contribution is -0.138. The van der Waals surface area contributed by atoms with E-state index in [1.54, 1.807) is 51.7 Å². The van der Waals surface area contributed by atoms with Gasteiger partial charge in [0.2, 0.25) is 11.8 Å². The van der Waals surface area contributed by atoms with Gasteiger partial charge in [-0.05, 0) is 108 Å². The average molecular weight is 763 g/mol. The Labute approximate surface area is 331 Å².